The number of esters is 1. The first kappa shape index (κ1) is 15.9. The Morgan fingerprint density at radius 2 is 2.11 bits per heavy atom. The average molecular weight is 273 g/mol. The van der Waals surface area contributed by atoms with Crippen LogP contribution in [0.5, 0.6) is 0 Å². The number of amides is 1. The van der Waals surface area contributed by atoms with Crippen molar-refractivity contribution in [1.29, 1.82) is 0 Å². The highest BCUT2D eigenvalue weighted by Gasteiger charge is 2.22. The molecule has 1 amide bonds. The van der Waals surface area contributed by atoms with Crippen LogP contribution in [-0.4, -0.2) is 63.4 Å². The third-order valence-corrected chi connectivity index (χ3v) is 3.13. The van der Waals surface area contributed by atoms with E-state index in [1.165, 1.54) is 7.11 Å². The molecule has 6 nitrogen and oxygen atoms in total. The van der Waals surface area contributed by atoms with E-state index in [0.717, 1.165) is 19.4 Å². The van der Waals surface area contributed by atoms with Crippen molar-refractivity contribution in [2.75, 3.05) is 40.5 Å². The van der Waals surface area contributed by atoms with Crippen LogP contribution in [0.4, 0.5) is 0 Å². The Balaban J connectivity index is 2.45. The number of methoxy groups -OCH3 is 2. The molecule has 0 aliphatic carbocycles. The molecule has 1 aliphatic rings. The maximum atomic E-state index is 12.0. The van der Waals surface area contributed by atoms with E-state index in [1.807, 2.05) is 0 Å². The van der Waals surface area contributed by atoms with Crippen LogP contribution in [-0.2, 0) is 23.8 Å². The molecular formula is C13H23NO5. The van der Waals surface area contributed by atoms with Crippen molar-refractivity contribution in [2.45, 2.75) is 31.8 Å². The van der Waals surface area contributed by atoms with Gasteiger partial charge in [0.1, 0.15) is 0 Å². The molecule has 0 aromatic carbocycles. The van der Waals surface area contributed by atoms with Gasteiger partial charge in [0, 0.05) is 26.8 Å². The summed E-state index contributed by atoms with van der Waals surface area (Å²) in [5.41, 5.74) is 0. The van der Waals surface area contributed by atoms with E-state index in [0.29, 0.717) is 26.1 Å². The number of carbonyl (C=O) groups is 2. The highest BCUT2D eigenvalue weighted by Crippen LogP contribution is 2.14. The van der Waals surface area contributed by atoms with Crippen molar-refractivity contribution in [3.05, 3.63) is 0 Å². The van der Waals surface area contributed by atoms with Gasteiger partial charge >= 0.3 is 5.97 Å². The largest absolute Gasteiger partial charge is 0.469 e. The van der Waals surface area contributed by atoms with Crippen molar-refractivity contribution in [2.24, 2.45) is 0 Å². The number of nitrogens with zero attached hydrogens (tertiary/aromatic N) is 1. The number of carbonyl (C=O) groups excluding carboxylic acids is 2. The zero-order chi connectivity index (χ0) is 14.1. The van der Waals surface area contributed by atoms with Crippen molar-refractivity contribution in [3.63, 3.8) is 0 Å². The first-order valence-electron chi connectivity index (χ1n) is 6.62. The quantitative estimate of drug-likeness (QED) is 0.606. The van der Waals surface area contributed by atoms with Gasteiger partial charge < -0.3 is 19.1 Å². The maximum Gasteiger partial charge on any atom is 0.307 e. The average Bonchev–Trinajstić information content (AvgIpc) is 2.93. The van der Waals surface area contributed by atoms with Gasteiger partial charge in [-0.05, 0) is 12.8 Å². The molecule has 1 saturated heterocycles. The van der Waals surface area contributed by atoms with Crippen LogP contribution >= 0.6 is 0 Å². The zero-order valence-electron chi connectivity index (χ0n) is 11.7. The summed E-state index contributed by atoms with van der Waals surface area (Å²) in [7, 11) is 2.91. The van der Waals surface area contributed by atoms with E-state index >= 15 is 0 Å². The second-order valence-electron chi connectivity index (χ2n) is 4.54. The van der Waals surface area contributed by atoms with Gasteiger partial charge in [-0.15, -0.1) is 0 Å². The zero-order valence-corrected chi connectivity index (χ0v) is 11.7. The minimum atomic E-state index is -0.308. The SMILES string of the molecule is COCCC(=O)N(CCC(=O)OC)CC1CCCO1. The Hall–Kier alpha value is -1.14. The Morgan fingerprint density at radius 3 is 2.68 bits per heavy atom. The minimum absolute atomic E-state index is 0.0127. The van der Waals surface area contributed by atoms with Crippen molar-refractivity contribution in [1.82, 2.24) is 4.90 Å². The molecule has 0 N–H and O–H groups in total. The van der Waals surface area contributed by atoms with Gasteiger partial charge in [-0.3, -0.25) is 9.59 Å². The molecule has 19 heavy (non-hydrogen) atoms. The van der Waals surface area contributed by atoms with Crippen molar-refractivity contribution < 1.29 is 23.8 Å². The first-order valence-corrected chi connectivity index (χ1v) is 6.62. The summed E-state index contributed by atoms with van der Waals surface area (Å²) < 4.78 is 15.0. The number of ether oxygens (including phenoxy) is 3. The molecule has 0 aromatic heterocycles. The summed E-state index contributed by atoms with van der Waals surface area (Å²) in [5.74, 6) is -0.321. The van der Waals surface area contributed by atoms with Gasteiger partial charge in [0.15, 0.2) is 0 Å². The molecule has 1 atom stereocenters. The molecule has 1 rings (SSSR count). The van der Waals surface area contributed by atoms with Crippen LogP contribution in [0, 0.1) is 0 Å². The van der Waals surface area contributed by atoms with Crippen LogP contribution in [0.3, 0.4) is 0 Å². The Kier molecular flexibility index (Phi) is 7.43. The van der Waals surface area contributed by atoms with Crippen molar-refractivity contribution in [3.8, 4) is 0 Å². The third-order valence-electron chi connectivity index (χ3n) is 3.13. The molecule has 0 radical (unpaired) electrons. The molecular weight excluding hydrogens is 250 g/mol. The van der Waals surface area contributed by atoms with E-state index in [-0.39, 0.29) is 24.4 Å². The summed E-state index contributed by atoms with van der Waals surface area (Å²) >= 11 is 0. The van der Waals surface area contributed by atoms with Gasteiger partial charge in [-0.25, -0.2) is 0 Å². The lowest BCUT2D eigenvalue weighted by Crippen LogP contribution is -2.39. The van der Waals surface area contributed by atoms with Gasteiger partial charge in [0.25, 0.3) is 0 Å². The minimum Gasteiger partial charge on any atom is -0.469 e. The summed E-state index contributed by atoms with van der Waals surface area (Å²) in [4.78, 5) is 24.9. The Bertz CT molecular complexity index is 289. The van der Waals surface area contributed by atoms with E-state index in [9.17, 15) is 9.59 Å². The highest BCUT2D eigenvalue weighted by molar-refractivity contribution is 5.77. The second-order valence-corrected chi connectivity index (χ2v) is 4.54. The lowest BCUT2D eigenvalue weighted by molar-refractivity contribution is -0.142. The fourth-order valence-electron chi connectivity index (χ4n) is 2.03. The highest BCUT2D eigenvalue weighted by atomic mass is 16.5. The molecule has 1 aliphatic heterocycles. The number of hydrogen-bond donors (Lipinski definition) is 0. The summed E-state index contributed by atoms with van der Waals surface area (Å²) in [5, 5.41) is 0. The normalized spacial score (nSPS) is 18.3. The fraction of sp³-hybridized carbons (Fsp3) is 0.846. The number of hydrogen-bond acceptors (Lipinski definition) is 5. The van der Waals surface area contributed by atoms with Crippen LogP contribution < -0.4 is 0 Å². The molecule has 1 fully saturated rings. The molecule has 0 bridgehead atoms. The molecule has 0 saturated carbocycles. The first-order chi connectivity index (χ1) is 9.17. The second kappa shape index (κ2) is 8.87. The van der Waals surface area contributed by atoms with Gasteiger partial charge in [0.05, 0.1) is 32.7 Å². The molecule has 110 valence electrons. The van der Waals surface area contributed by atoms with Crippen LogP contribution in [0.1, 0.15) is 25.7 Å². The predicted molar refractivity (Wildman–Crippen MR) is 68.7 cm³/mol. The number of rotatable bonds is 8. The maximum absolute atomic E-state index is 12.0. The molecule has 1 heterocycles. The molecule has 0 spiro atoms. The lowest BCUT2D eigenvalue weighted by atomic mass is 10.2. The van der Waals surface area contributed by atoms with Crippen molar-refractivity contribution >= 4 is 11.9 Å². The Morgan fingerprint density at radius 1 is 1.32 bits per heavy atom. The molecule has 1 unspecified atom stereocenters. The lowest BCUT2D eigenvalue weighted by Gasteiger charge is -2.25. The summed E-state index contributed by atoms with van der Waals surface area (Å²) in [6.07, 6.45) is 2.62. The smallest absolute Gasteiger partial charge is 0.307 e. The fourth-order valence-corrected chi connectivity index (χ4v) is 2.03. The standard InChI is InChI=1S/C13H23NO5/c1-17-9-6-12(15)14(7-5-13(16)18-2)10-11-4-3-8-19-11/h11H,3-10H2,1-2H3. The van der Waals surface area contributed by atoms with E-state index in [2.05, 4.69) is 4.74 Å². The van der Waals surface area contributed by atoms with E-state index in [4.69, 9.17) is 9.47 Å². The molecule has 6 heteroatoms. The van der Waals surface area contributed by atoms with Gasteiger partial charge in [-0.2, -0.15) is 0 Å². The Labute approximate surface area is 114 Å². The van der Waals surface area contributed by atoms with Crippen LogP contribution in [0.2, 0.25) is 0 Å². The van der Waals surface area contributed by atoms with E-state index < -0.39 is 0 Å². The molecule has 0 aromatic rings. The predicted octanol–water partition coefficient (Wildman–Crippen LogP) is 0.594. The van der Waals surface area contributed by atoms with Gasteiger partial charge in [0.2, 0.25) is 5.91 Å². The van der Waals surface area contributed by atoms with E-state index in [1.54, 1.807) is 12.0 Å². The van der Waals surface area contributed by atoms with Gasteiger partial charge in [-0.1, -0.05) is 0 Å². The third kappa shape index (κ3) is 6.02. The summed E-state index contributed by atoms with van der Waals surface area (Å²) in [6, 6.07) is 0. The monoisotopic (exact) mass is 273 g/mol. The topological polar surface area (TPSA) is 65.1 Å². The summed E-state index contributed by atoms with van der Waals surface area (Å²) in [6.45, 7) is 2.05. The van der Waals surface area contributed by atoms with Crippen LogP contribution in [0.15, 0.2) is 0 Å². The van der Waals surface area contributed by atoms with Crippen LogP contribution in [0.25, 0.3) is 0 Å².